The third-order valence-electron chi connectivity index (χ3n) is 1.11. The van der Waals surface area contributed by atoms with Crippen LogP contribution in [0.15, 0.2) is 0 Å². The molecule has 0 atom stereocenters. The summed E-state index contributed by atoms with van der Waals surface area (Å²) in [5.41, 5.74) is 0. The minimum Gasteiger partial charge on any atom is -0.747 e. The van der Waals surface area contributed by atoms with Crippen molar-refractivity contribution in [3.63, 3.8) is 0 Å². The first-order valence-corrected chi connectivity index (χ1v) is 7.15. The first kappa shape index (κ1) is 44.0. The molecule has 2 aliphatic rings. The monoisotopic (exact) mass is 450 g/mol. The average Bonchev–Trinajstić information content (AvgIpc) is 3.33. The van der Waals surface area contributed by atoms with E-state index in [1.807, 2.05) is 64.2 Å². The molecule has 0 unspecified atom stereocenters. The van der Waals surface area contributed by atoms with Crippen LogP contribution in [0, 0.1) is 90.8 Å². The Labute approximate surface area is 175 Å². The quantitative estimate of drug-likeness (QED) is 0.187. The molecule has 0 N–H and O–H groups in total. The molecular formula is C14H10Fe2O4S3+2. The minimum atomic E-state index is 0. The molecular weight excluding hydrogens is 440 g/mol. The molecule has 0 aromatic rings. The second-order valence-electron chi connectivity index (χ2n) is 1.99. The topological polar surface area (TPSA) is 79.6 Å². The molecule has 0 aromatic carbocycles. The molecule has 10 radical (unpaired) electrons. The second kappa shape index (κ2) is 77.2. The van der Waals surface area contributed by atoms with Gasteiger partial charge in [0.2, 0.25) is 0 Å². The molecule has 122 valence electrons. The van der Waals surface area contributed by atoms with Crippen LogP contribution in [0.25, 0.3) is 0 Å². The molecule has 0 aliphatic heterocycles. The van der Waals surface area contributed by atoms with Gasteiger partial charge in [-0.25, -0.2) is 0 Å². The van der Waals surface area contributed by atoms with Crippen LogP contribution in [-0.4, -0.2) is 0 Å². The molecule has 2 saturated carbocycles. The number of hydrogen-bond donors (Lipinski definition) is 0. The van der Waals surface area contributed by atoms with Crippen LogP contribution in [0.3, 0.4) is 0 Å². The molecule has 4 nitrogen and oxygen atoms in total. The first-order chi connectivity index (χ1) is 10.4. The van der Waals surface area contributed by atoms with E-state index in [2.05, 4.69) is 49.9 Å². The van der Waals surface area contributed by atoms with Gasteiger partial charge in [-0.1, -0.05) is 0 Å². The summed E-state index contributed by atoms with van der Waals surface area (Å²) >= 11 is 8.25. The van der Waals surface area contributed by atoms with Crippen molar-refractivity contribution in [3.8, 4) is 0 Å². The van der Waals surface area contributed by atoms with Crippen LogP contribution >= 0.6 is 9.83 Å². The molecule has 0 amide bonds. The van der Waals surface area contributed by atoms with Crippen molar-refractivity contribution >= 4 is 33.1 Å². The fraction of sp³-hybridized carbons (Fsp3) is 0. The van der Waals surface area contributed by atoms with Gasteiger partial charge in [-0.05, 0) is 64.2 Å². The normalized spacial score (nSPS) is 11.6. The van der Waals surface area contributed by atoms with Crippen molar-refractivity contribution in [3.05, 3.63) is 90.8 Å². The third-order valence-corrected chi connectivity index (χ3v) is 1.11. The van der Waals surface area contributed by atoms with Gasteiger partial charge in [0, 0.05) is 0 Å². The van der Waals surface area contributed by atoms with Crippen molar-refractivity contribution in [2.75, 3.05) is 0 Å². The Morgan fingerprint density at radius 1 is 0.435 bits per heavy atom. The van der Waals surface area contributed by atoms with E-state index >= 15 is 0 Å². The molecule has 0 heterocycles. The van der Waals surface area contributed by atoms with Crippen LogP contribution in [0.2, 0.25) is 0 Å². The van der Waals surface area contributed by atoms with Crippen molar-refractivity contribution < 1.29 is 52.7 Å². The van der Waals surface area contributed by atoms with Crippen LogP contribution in [0.1, 0.15) is 0 Å². The molecule has 9 heteroatoms. The molecule has 23 heavy (non-hydrogen) atoms. The zero-order valence-electron chi connectivity index (χ0n) is 11.3. The first-order valence-electron chi connectivity index (χ1n) is 4.48. The van der Waals surface area contributed by atoms with Crippen molar-refractivity contribution in [2.45, 2.75) is 0 Å². The van der Waals surface area contributed by atoms with Gasteiger partial charge < -0.3 is 33.1 Å². The maximum atomic E-state index is 7.50. The molecule has 2 fully saturated rings. The zero-order chi connectivity index (χ0) is 17.8. The summed E-state index contributed by atoms with van der Waals surface area (Å²) in [6.07, 6.45) is 20.0. The van der Waals surface area contributed by atoms with Crippen LogP contribution < -0.4 is 0 Å². The van der Waals surface area contributed by atoms with E-state index in [0.717, 1.165) is 9.83 Å². The largest absolute Gasteiger partial charge is 2.00 e. The predicted octanol–water partition coefficient (Wildman–Crippen LogP) is 2.53. The van der Waals surface area contributed by atoms with E-state index in [4.69, 9.17) is 18.6 Å². The summed E-state index contributed by atoms with van der Waals surface area (Å²) in [4.78, 5) is 0. The number of hydrogen-bond acceptors (Lipinski definition) is 3. The van der Waals surface area contributed by atoms with E-state index in [9.17, 15) is 0 Å². The number of rotatable bonds is 0. The summed E-state index contributed by atoms with van der Waals surface area (Å²) in [6.45, 7) is 18.0. The van der Waals surface area contributed by atoms with Gasteiger partial charge in [-0.2, -0.15) is 0 Å². The van der Waals surface area contributed by atoms with Gasteiger partial charge in [0.05, 0.1) is 0 Å². The third kappa shape index (κ3) is 83.7. The second-order valence-corrected chi connectivity index (χ2v) is 3.76. The van der Waals surface area contributed by atoms with E-state index in [-0.39, 0.29) is 34.1 Å². The minimum absolute atomic E-state index is 0. The average molecular weight is 450 g/mol. The molecule has 0 spiro atoms. The van der Waals surface area contributed by atoms with Crippen molar-refractivity contribution in [1.29, 1.82) is 0 Å². The maximum absolute atomic E-state index is 7.50. The summed E-state index contributed by atoms with van der Waals surface area (Å²) in [7, 11) is 0.917. The Morgan fingerprint density at radius 2 is 0.478 bits per heavy atom. The Morgan fingerprint density at radius 3 is 0.522 bits per heavy atom. The Bertz CT molecular complexity index is 168. The fourth-order valence-corrected chi connectivity index (χ4v) is 0.642. The Balaban J connectivity index is -0.0000000271. The summed E-state index contributed by atoms with van der Waals surface area (Å²) < 4.78 is 30.0. The van der Waals surface area contributed by atoms with E-state index in [1.54, 1.807) is 0 Å². The van der Waals surface area contributed by atoms with Gasteiger partial charge >= 0.3 is 79.3 Å². The van der Waals surface area contributed by atoms with E-state index < -0.39 is 0 Å². The fourth-order valence-electron chi connectivity index (χ4n) is 0.642. The van der Waals surface area contributed by atoms with E-state index in [1.165, 1.54) is 0 Å². The van der Waals surface area contributed by atoms with Crippen molar-refractivity contribution in [1.82, 2.24) is 0 Å². The van der Waals surface area contributed by atoms with Crippen LogP contribution in [0.4, 0.5) is 0 Å². The Kier molecular flexibility index (Phi) is 148. The van der Waals surface area contributed by atoms with Crippen LogP contribution in [0.5, 0.6) is 0 Å². The molecule has 2 rings (SSSR count). The zero-order valence-corrected chi connectivity index (χ0v) is 16.0. The van der Waals surface area contributed by atoms with Gasteiger partial charge in [0.15, 0.2) is 0 Å². The standard InChI is InChI=1S/2C5H5.4CO.2Fe.H2S3/c2*1-2-4-5-3-1;4*1-2;;;1-3-2/h2*1-5H;;;;;;;1-2H/q;;;;;;2*+2;/p-2. The smallest absolute Gasteiger partial charge is 0.747 e. The van der Waals surface area contributed by atoms with Crippen molar-refractivity contribution in [2.24, 2.45) is 0 Å². The molecule has 0 bridgehead atoms. The molecule has 0 aromatic heterocycles. The summed E-state index contributed by atoms with van der Waals surface area (Å²) in [5, 5.41) is 0. The summed E-state index contributed by atoms with van der Waals surface area (Å²) in [6, 6.07) is 0. The maximum Gasteiger partial charge on any atom is 2.00 e. The molecule has 0 saturated heterocycles. The predicted molar refractivity (Wildman–Crippen MR) is 81.0 cm³/mol. The van der Waals surface area contributed by atoms with Gasteiger partial charge in [0.25, 0.3) is 0 Å². The van der Waals surface area contributed by atoms with Gasteiger partial charge in [-0.3, -0.25) is 0 Å². The Hall–Kier alpha value is 1.05. The summed E-state index contributed by atoms with van der Waals surface area (Å²) in [5.74, 6) is 0. The van der Waals surface area contributed by atoms with Crippen LogP contribution in [-0.2, 0) is 76.1 Å². The van der Waals surface area contributed by atoms with Gasteiger partial charge in [0.1, 0.15) is 0 Å². The molecule has 2 aliphatic carbocycles. The van der Waals surface area contributed by atoms with Gasteiger partial charge in [-0.15, -0.1) is 0 Å². The SMILES string of the molecule is [C-]#[O+].[C-]#[O+].[C-]#[O+].[C-]#[O+].[CH]1[CH][CH][CH][CH]1.[CH]1[CH][CH][CH][CH]1.[Fe+2].[Fe+2].[S-]S[S-]. The van der Waals surface area contributed by atoms with E-state index in [0.29, 0.717) is 0 Å².